The second-order valence-electron chi connectivity index (χ2n) is 7.75. The summed E-state index contributed by atoms with van der Waals surface area (Å²) in [6.07, 6.45) is 0. The molecule has 0 atom stereocenters. The minimum Gasteiger partial charge on any atom is -0.454 e. The average molecular weight is 471 g/mol. The lowest BCUT2D eigenvalue weighted by atomic mass is 10.1. The Labute approximate surface area is 193 Å². The smallest absolute Gasteiger partial charge is 0.267 e. The minimum atomic E-state index is -0.463. The molecule has 1 aromatic heterocycles. The van der Waals surface area contributed by atoms with Crippen molar-refractivity contribution < 1.29 is 18.7 Å². The van der Waals surface area contributed by atoms with Gasteiger partial charge in [-0.1, -0.05) is 11.6 Å². The number of benzene rings is 2. The van der Waals surface area contributed by atoms with Crippen LogP contribution >= 0.6 is 11.6 Å². The summed E-state index contributed by atoms with van der Waals surface area (Å²) in [5, 5.41) is 4.45. The van der Waals surface area contributed by atoms with E-state index in [2.05, 4.69) is 5.10 Å². The molecule has 0 bridgehead atoms. The molecule has 1 saturated heterocycles. The molecular weight excluding hydrogens is 451 g/mol. The highest BCUT2D eigenvalue weighted by atomic mass is 35.5. The summed E-state index contributed by atoms with van der Waals surface area (Å²) in [7, 11) is 0. The van der Waals surface area contributed by atoms with E-state index in [4.69, 9.17) is 21.1 Å². The molecular formula is C23H20ClFN4O4. The monoisotopic (exact) mass is 470 g/mol. The van der Waals surface area contributed by atoms with Crippen molar-refractivity contribution in [3.8, 4) is 22.8 Å². The maximum Gasteiger partial charge on any atom is 0.267 e. The number of hydrogen-bond acceptors (Lipinski definition) is 6. The van der Waals surface area contributed by atoms with Gasteiger partial charge >= 0.3 is 0 Å². The SMILES string of the molecule is O=C(Cn1nc(-c2ccc3c(c2)OCO3)ccc1=O)N1CCN(c2ccc(F)c(Cl)c2)CC1. The Hall–Kier alpha value is -3.59. The van der Waals surface area contributed by atoms with Gasteiger partial charge in [-0.25, -0.2) is 9.07 Å². The number of nitrogens with zero attached hydrogens (tertiary/aromatic N) is 4. The fourth-order valence-corrected chi connectivity index (χ4v) is 4.07. The van der Waals surface area contributed by atoms with Gasteiger partial charge in [0.1, 0.15) is 12.4 Å². The largest absolute Gasteiger partial charge is 0.454 e. The third kappa shape index (κ3) is 4.36. The molecule has 8 nitrogen and oxygen atoms in total. The van der Waals surface area contributed by atoms with Gasteiger partial charge in [0.25, 0.3) is 5.56 Å². The predicted molar refractivity (Wildman–Crippen MR) is 120 cm³/mol. The lowest BCUT2D eigenvalue weighted by molar-refractivity contribution is -0.132. The van der Waals surface area contributed by atoms with E-state index in [1.54, 1.807) is 35.2 Å². The maximum atomic E-state index is 13.4. The molecule has 5 rings (SSSR count). The van der Waals surface area contributed by atoms with Crippen LogP contribution in [0.25, 0.3) is 11.3 Å². The third-order valence-corrected chi connectivity index (χ3v) is 6.01. The summed E-state index contributed by atoms with van der Waals surface area (Å²) in [6, 6.07) is 13.0. The molecule has 0 radical (unpaired) electrons. The molecule has 0 spiro atoms. The first-order chi connectivity index (χ1) is 16.0. The fourth-order valence-electron chi connectivity index (χ4n) is 3.90. The molecule has 0 N–H and O–H groups in total. The van der Waals surface area contributed by atoms with E-state index in [9.17, 15) is 14.0 Å². The maximum absolute atomic E-state index is 13.4. The van der Waals surface area contributed by atoms with Crippen molar-refractivity contribution in [1.82, 2.24) is 14.7 Å². The number of carbonyl (C=O) groups excluding carboxylic acids is 1. The number of fused-ring (bicyclic) bond motifs is 1. The molecule has 2 aliphatic rings. The van der Waals surface area contributed by atoms with Crippen LogP contribution in [-0.4, -0.2) is 53.6 Å². The van der Waals surface area contributed by atoms with Crippen molar-refractivity contribution in [1.29, 1.82) is 0 Å². The number of ether oxygens (including phenoxy) is 2. The van der Waals surface area contributed by atoms with Crippen LogP contribution in [0.1, 0.15) is 0 Å². The van der Waals surface area contributed by atoms with Gasteiger partial charge in [0, 0.05) is 43.5 Å². The van der Waals surface area contributed by atoms with E-state index in [1.807, 2.05) is 11.0 Å². The van der Waals surface area contributed by atoms with E-state index in [1.165, 1.54) is 16.8 Å². The van der Waals surface area contributed by atoms with Crippen molar-refractivity contribution in [2.45, 2.75) is 6.54 Å². The first-order valence-corrected chi connectivity index (χ1v) is 10.8. The summed E-state index contributed by atoms with van der Waals surface area (Å²) in [5.41, 5.74) is 1.76. The van der Waals surface area contributed by atoms with Gasteiger partial charge in [-0.05, 0) is 42.5 Å². The van der Waals surface area contributed by atoms with Gasteiger partial charge in [0.15, 0.2) is 11.5 Å². The molecule has 33 heavy (non-hydrogen) atoms. The lowest BCUT2D eigenvalue weighted by Gasteiger charge is -2.36. The number of piperazine rings is 1. The van der Waals surface area contributed by atoms with Gasteiger partial charge < -0.3 is 19.3 Å². The van der Waals surface area contributed by atoms with Crippen molar-refractivity contribution in [3.63, 3.8) is 0 Å². The van der Waals surface area contributed by atoms with E-state index in [0.29, 0.717) is 43.4 Å². The van der Waals surface area contributed by atoms with Crippen LogP contribution in [0.2, 0.25) is 5.02 Å². The predicted octanol–water partition coefficient (Wildman–Crippen LogP) is 2.78. The molecule has 0 saturated carbocycles. The molecule has 2 aromatic carbocycles. The highest BCUT2D eigenvalue weighted by Crippen LogP contribution is 2.35. The van der Waals surface area contributed by atoms with Crippen LogP contribution in [0, 0.1) is 5.82 Å². The van der Waals surface area contributed by atoms with Gasteiger partial charge in [-0.3, -0.25) is 9.59 Å². The van der Waals surface area contributed by atoms with E-state index >= 15 is 0 Å². The number of anilines is 1. The highest BCUT2D eigenvalue weighted by Gasteiger charge is 2.23. The molecule has 10 heteroatoms. The van der Waals surface area contributed by atoms with E-state index < -0.39 is 5.82 Å². The van der Waals surface area contributed by atoms with Gasteiger partial charge in [0.2, 0.25) is 12.7 Å². The Bertz CT molecular complexity index is 1270. The van der Waals surface area contributed by atoms with Crippen molar-refractivity contribution in [2.24, 2.45) is 0 Å². The van der Waals surface area contributed by atoms with Crippen molar-refractivity contribution in [3.05, 3.63) is 69.7 Å². The highest BCUT2D eigenvalue weighted by molar-refractivity contribution is 6.31. The molecule has 3 aromatic rings. The molecule has 0 unspecified atom stereocenters. The van der Waals surface area contributed by atoms with Crippen LogP contribution in [0.15, 0.2) is 53.3 Å². The molecule has 2 aliphatic heterocycles. The summed E-state index contributed by atoms with van der Waals surface area (Å²) in [5.74, 6) is 0.618. The number of rotatable bonds is 4. The summed E-state index contributed by atoms with van der Waals surface area (Å²) in [4.78, 5) is 28.9. The summed E-state index contributed by atoms with van der Waals surface area (Å²) >= 11 is 5.88. The third-order valence-electron chi connectivity index (χ3n) is 5.72. The van der Waals surface area contributed by atoms with Gasteiger partial charge in [-0.2, -0.15) is 5.10 Å². The summed E-state index contributed by atoms with van der Waals surface area (Å²) < 4.78 is 25.3. The number of aromatic nitrogens is 2. The molecule has 3 heterocycles. The topological polar surface area (TPSA) is 76.9 Å². The summed E-state index contributed by atoms with van der Waals surface area (Å²) in [6.45, 7) is 2.12. The van der Waals surface area contributed by atoms with Crippen LogP contribution in [-0.2, 0) is 11.3 Å². The number of halogens is 2. The zero-order chi connectivity index (χ0) is 22.9. The second kappa shape index (κ2) is 8.74. The van der Waals surface area contributed by atoms with Gasteiger partial charge in [-0.15, -0.1) is 0 Å². The van der Waals surface area contributed by atoms with Crippen LogP contribution in [0.4, 0.5) is 10.1 Å². The Morgan fingerprint density at radius 2 is 1.79 bits per heavy atom. The first kappa shape index (κ1) is 21.3. The Kier molecular flexibility index (Phi) is 5.63. The standard InChI is InChI=1S/C23H20ClFN4O4/c24-17-12-16(2-3-18(17)25)27-7-9-28(10-8-27)23(31)13-29-22(30)6-4-19(26-29)15-1-5-20-21(11-15)33-14-32-20/h1-6,11-12H,7-10,13-14H2. The zero-order valence-electron chi connectivity index (χ0n) is 17.5. The quantitative estimate of drug-likeness (QED) is 0.583. The zero-order valence-corrected chi connectivity index (χ0v) is 18.3. The Morgan fingerprint density at radius 3 is 2.58 bits per heavy atom. The fraction of sp³-hybridized carbons (Fsp3) is 0.261. The number of carbonyl (C=O) groups is 1. The lowest BCUT2D eigenvalue weighted by Crippen LogP contribution is -2.50. The van der Waals surface area contributed by atoms with Crippen LogP contribution < -0.4 is 19.9 Å². The van der Waals surface area contributed by atoms with E-state index in [0.717, 1.165) is 11.3 Å². The van der Waals surface area contributed by atoms with Crippen LogP contribution in [0.5, 0.6) is 11.5 Å². The number of hydrogen-bond donors (Lipinski definition) is 0. The molecule has 1 fully saturated rings. The van der Waals surface area contributed by atoms with Crippen molar-refractivity contribution in [2.75, 3.05) is 37.9 Å². The average Bonchev–Trinajstić information content (AvgIpc) is 3.30. The minimum absolute atomic E-state index is 0.0683. The Balaban J connectivity index is 1.26. The Morgan fingerprint density at radius 1 is 1.00 bits per heavy atom. The first-order valence-electron chi connectivity index (χ1n) is 10.4. The van der Waals surface area contributed by atoms with Crippen LogP contribution in [0.3, 0.4) is 0 Å². The molecule has 170 valence electrons. The van der Waals surface area contributed by atoms with Gasteiger partial charge in [0.05, 0.1) is 10.7 Å². The van der Waals surface area contributed by atoms with Crippen molar-refractivity contribution >= 4 is 23.2 Å². The second-order valence-corrected chi connectivity index (χ2v) is 8.16. The van der Waals surface area contributed by atoms with E-state index in [-0.39, 0.29) is 29.8 Å². The normalized spacial score (nSPS) is 15.1. The molecule has 0 aliphatic carbocycles. The molecule has 1 amide bonds. The number of amides is 1.